The SMILES string of the molecule is C.C[Si](C)(C)CCOCn1nc(/C=C/c2ccccc2)c2ccc(C(=O)c3ccccc3)cc21.NCCN.O=C(c1ccccc1)c1ccc2c(/C=C/c3ccccc3)n[nH]c2c1. The number of fused-ring (bicyclic) bond motifs is 2. The molecule has 0 aliphatic carbocycles. The molecule has 5 N–H and O–H groups in total. The molecule has 0 unspecified atom stereocenters. The van der Waals surface area contributed by atoms with E-state index in [-0.39, 0.29) is 19.0 Å². The largest absolute Gasteiger partial charge is 0.360 e. The van der Waals surface area contributed by atoms with Crippen LogP contribution in [-0.2, 0) is 11.5 Å². The van der Waals surface area contributed by atoms with Gasteiger partial charge in [0.25, 0.3) is 0 Å². The predicted octanol–water partition coefficient (Wildman–Crippen LogP) is 11.3. The van der Waals surface area contributed by atoms with Crippen molar-refractivity contribution in [1.82, 2.24) is 20.0 Å². The third kappa shape index (κ3) is 13.6. The number of nitrogens with one attached hydrogen (secondary N) is 1. The molecular weight excluding hydrogens is 797 g/mol. The topological polar surface area (TPSA) is 142 Å². The minimum atomic E-state index is -1.17. The van der Waals surface area contributed by atoms with Gasteiger partial charge in [-0.1, -0.05) is 173 Å². The average molecular weight is 855 g/mol. The van der Waals surface area contributed by atoms with Crippen LogP contribution in [0.1, 0.15) is 61.8 Å². The first kappa shape index (κ1) is 47.2. The van der Waals surface area contributed by atoms with Crippen molar-refractivity contribution in [1.29, 1.82) is 0 Å². The van der Waals surface area contributed by atoms with Gasteiger partial charge in [0, 0.05) is 60.8 Å². The highest BCUT2D eigenvalue weighted by Gasteiger charge is 2.16. The van der Waals surface area contributed by atoms with E-state index in [1.54, 1.807) is 0 Å². The van der Waals surface area contributed by atoms with Gasteiger partial charge in [0.15, 0.2) is 11.6 Å². The zero-order valence-electron chi connectivity index (χ0n) is 35.6. The predicted molar refractivity (Wildman–Crippen MR) is 265 cm³/mol. The Hall–Kier alpha value is -6.82. The number of ketones is 2. The number of aromatic nitrogens is 4. The summed E-state index contributed by atoms with van der Waals surface area (Å²) in [6.07, 6.45) is 8.08. The summed E-state index contributed by atoms with van der Waals surface area (Å²) in [5, 5.41) is 14.2. The van der Waals surface area contributed by atoms with Gasteiger partial charge in [-0.15, -0.1) is 0 Å². The number of nitrogens with zero attached hydrogens (tertiary/aromatic N) is 3. The highest BCUT2D eigenvalue weighted by Crippen LogP contribution is 2.25. The van der Waals surface area contributed by atoms with Gasteiger partial charge in [0.2, 0.25) is 0 Å². The van der Waals surface area contributed by atoms with E-state index in [4.69, 9.17) is 21.3 Å². The molecule has 0 bridgehead atoms. The van der Waals surface area contributed by atoms with E-state index in [0.717, 1.165) is 57.0 Å². The molecule has 0 spiro atoms. The van der Waals surface area contributed by atoms with Crippen LogP contribution in [0.5, 0.6) is 0 Å². The van der Waals surface area contributed by atoms with Crippen LogP contribution in [-0.4, -0.2) is 59.3 Å². The van der Waals surface area contributed by atoms with Crippen LogP contribution in [0.2, 0.25) is 25.7 Å². The number of hydrogen-bond donors (Lipinski definition) is 3. The standard InChI is InChI=1S/C28H30N2O2Si.C22H16N2O.C2H8N2.CH4/c1-33(2,3)19-18-32-21-30-27-20-24(28(31)23-12-8-5-9-13-23)15-16-25(27)26(29-30)17-14-22-10-6-4-7-11-22;25-22(17-9-5-2-6-10-17)18-12-13-19-20(23-24-21(19)15-18)14-11-16-7-3-1-4-8-16;3-1-2-4;/h4-17,20H,18-19,21H2,1-3H3;1-15H,(H,23,24);1-4H2;1H4/b17-14+;14-11+;;. The maximum absolute atomic E-state index is 13.0. The monoisotopic (exact) mass is 854 g/mol. The molecule has 2 aromatic heterocycles. The van der Waals surface area contributed by atoms with Crippen LogP contribution in [0, 0.1) is 0 Å². The van der Waals surface area contributed by atoms with E-state index < -0.39 is 8.07 Å². The van der Waals surface area contributed by atoms with Crippen molar-refractivity contribution < 1.29 is 14.3 Å². The molecule has 8 rings (SSSR count). The summed E-state index contributed by atoms with van der Waals surface area (Å²) in [6, 6.07) is 51.5. The highest BCUT2D eigenvalue weighted by atomic mass is 28.3. The Bertz CT molecular complexity index is 2720. The zero-order valence-corrected chi connectivity index (χ0v) is 36.6. The Labute approximate surface area is 372 Å². The lowest BCUT2D eigenvalue weighted by Crippen LogP contribution is -2.22. The summed E-state index contributed by atoms with van der Waals surface area (Å²) in [4.78, 5) is 25.6. The van der Waals surface area contributed by atoms with Gasteiger partial charge in [0.05, 0.1) is 22.4 Å². The number of nitrogens with two attached hydrogens (primary N) is 2. The first-order valence-electron chi connectivity index (χ1n) is 20.8. The van der Waals surface area contributed by atoms with Gasteiger partial charge < -0.3 is 16.2 Å². The number of carbonyl (C=O) groups is 2. The quantitative estimate of drug-likeness (QED) is 0.0561. The molecule has 2 heterocycles. The van der Waals surface area contributed by atoms with Gasteiger partial charge in [-0.05, 0) is 53.6 Å². The maximum atomic E-state index is 13.0. The van der Waals surface area contributed by atoms with E-state index in [9.17, 15) is 9.59 Å². The van der Waals surface area contributed by atoms with E-state index in [1.807, 2.05) is 169 Å². The Morgan fingerprint density at radius 1 is 0.603 bits per heavy atom. The number of ether oxygens (including phenoxy) is 1. The lowest BCUT2D eigenvalue weighted by atomic mass is 10.0. The molecule has 0 fully saturated rings. The van der Waals surface area contributed by atoms with Crippen LogP contribution in [0.15, 0.2) is 158 Å². The van der Waals surface area contributed by atoms with E-state index in [0.29, 0.717) is 42.1 Å². The normalized spacial score (nSPS) is 11.2. The Balaban J connectivity index is 0.000000222. The molecule has 9 nitrogen and oxygen atoms in total. The summed E-state index contributed by atoms with van der Waals surface area (Å²) in [5.74, 6) is 0.0183. The van der Waals surface area contributed by atoms with Crippen LogP contribution in [0.4, 0.5) is 0 Å². The minimum Gasteiger partial charge on any atom is -0.360 e. The van der Waals surface area contributed by atoms with E-state index in [2.05, 4.69) is 48.0 Å². The molecule has 0 aliphatic rings. The van der Waals surface area contributed by atoms with Gasteiger partial charge in [-0.3, -0.25) is 14.7 Å². The van der Waals surface area contributed by atoms with Crippen molar-refractivity contribution in [3.05, 3.63) is 202 Å². The lowest BCUT2D eigenvalue weighted by molar-refractivity contribution is 0.0816. The summed E-state index contributed by atoms with van der Waals surface area (Å²) in [7, 11) is -1.17. The van der Waals surface area contributed by atoms with Gasteiger partial charge >= 0.3 is 0 Å². The molecule has 0 saturated carbocycles. The fourth-order valence-corrected chi connectivity index (χ4v) is 7.15. The van der Waals surface area contributed by atoms with Gasteiger partial charge in [-0.2, -0.15) is 10.2 Å². The van der Waals surface area contributed by atoms with Crippen molar-refractivity contribution in [2.45, 2.75) is 39.8 Å². The van der Waals surface area contributed by atoms with Crippen molar-refractivity contribution in [3.63, 3.8) is 0 Å². The minimum absolute atomic E-state index is 0. The molecule has 0 radical (unpaired) electrons. The molecule has 0 amide bonds. The first-order chi connectivity index (χ1) is 30.1. The van der Waals surface area contributed by atoms with E-state index in [1.165, 1.54) is 0 Å². The summed E-state index contributed by atoms with van der Waals surface area (Å²) >= 11 is 0. The zero-order chi connectivity index (χ0) is 43.7. The van der Waals surface area contributed by atoms with Crippen LogP contribution in [0.25, 0.3) is 46.1 Å². The van der Waals surface area contributed by atoms with Gasteiger partial charge in [0.1, 0.15) is 6.73 Å². The summed E-state index contributed by atoms with van der Waals surface area (Å²) in [5.41, 5.74) is 18.2. The summed E-state index contributed by atoms with van der Waals surface area (Å²) < 4.78 is 7.86. The van der Waals surface area contributed by atoms with Crippen molar-refractivity contribution in [2.75, 3.05) is 19.7 Å². The fraction of sp³-hybridized carbons (Fsp3) is 0.170. The molecule has 322 valence electrons. The van der Waals surface area contributed by atoms with Crippen LogP contribution in [0.3, 0.4) is 0 Å². The smallest absolute Gasteiger partial charge is 0.193 e. The van der Waals surface area contributed by atoms with Crippen molar-refractivity contribution in [3.8, 4) is 0 Å². The second-order valence-corrected chi connectivity index (χ2v) is 21.4. The van der Waals surface area contributed by atoms with Crippen molar-refractivity contribution in [2.24, 2.45) is 11.5 Å². The number of H-pyrrole nitrogens is 1. The number of benzene rings is 6. The molecule has 0 aliphatic heterocycles. The molecule has 0 saturated heterocycles. The number of aromatic amines is 1. The number of carbonyl (C=O) groups excluding carboxylic acids is 2. The molecule has 10 heteroatoms. The maximum Gasteiger partial charge on any atom is 0.193 e. The molecule has 63 heavy (non-hydrogen) atoms. The third-order valence-corrected chi connectivity index (χ3v) is 11.5. The van der Waals surface area contributed by atoms with Gasteiger partial charge in [-0.25, -0.2) is 4.68 Å². The van der Waals surface area contributed by atoms with Crippen LogP contribution < -0.4 is 11.5 Å². The molecule has 0 atom stereocenters. The van der Waals surface area contributed by atoms with Crippen LogP contribution >= 0.6 is 0 Å². The Morgan fingerprint density at radius 3 is 1.59 bits per heavy atom. The molecular formula is C53H58N6O3Si. The second kappa shape index (κ2) is 23.4. The lowest BCUT2D eigenvalue weighted by Gasteiger charge is -2.15. The summed E-state index contributed by atoms with van der Waals surface area (Å²) in [6.45, 7) is 9.30. The first-order valence-corrected chi connectivity index (χ1v) is 24.5. The van der Waals surface area contributed by atoms with Crippen molar-refractivity contribution >= 4 is 65.8 Å². The molecule has 8 aromatic rings. The number of hydrogen-bond acceptors (Lipinski definition) is 7. The van der Waals surface area contributed by atoms with E-state index >= 15 is 0 Å². The third-order valence-electron chi connectivity index (χ3n) is 9.81. The molecule has 6 aromatic carbocycles. The Morgan fingerprint density at radius 2 is 1.08 bits per heavy atom. The fourth-order valence-electron chi connectivity index (χ4n) is 6.39. The number of rotatable bonds is 14. The average Bonchev–Trinajstić information content (AvgIpc) is 3.89. The Kier molecular flexibility index (Phi) is 17.5. The highest BCUT2D eigenvalue weighted by molar-refractivity contribution is 6.76. The second-order valence-electron chi connectivity index (χ2n) is 15.8.